The van der Waals surface area contributed by atoms with Crippen molar-refractivity contribution in [3.63, 3.8) is 0 Å². The first-order valence-electron chi connectivity index (χ1n) is 6.19. The zero-order valence-electron chi connectivity index (χ0n) is 10.8. The van der Waals surface area contributed by atoms with Gasteiger partial charge in [0.25, 0.3) is 0 Å². The molecule has 21 heavy (non-hydrogen) atoms. The van der Waals surface area contributed by atoms with Gasteiger partial charge in [-0.3, -0.25) is 0 Å². The fourth-order valence-corrected chi connectivity index (χ4v) is 1.97. The van der Waals surface area contributed by atoms with Crippen molar-refractivity contribution in [2.45, 2.75) is 6.54 Å². The van der Waals surface area contributed by atoms with Crippen molar-refractivity contribution in [2.24, 2.45) is 0 Å². The van der Waals surface area contributed by atoms with Crippen LogP contribution in [0.15, 0.2) is 49.1 Å². The van der Waals surface area contributed by atoms with Crippen molar-refractivity contribution in [3.8, 4) is 11.1 Å². The van der Waals surface area contributed by atoms with Gasteiger partial charge in [-0.25, -0.2) is 23.1 Å². The summed E-state index contributed by atoms with van der Waals surface area (Å²) in [5.74, 6) is -1.79. The molecule has 3 aromatic rings. The first kappa shape index (κ1) is 13.4. The standard InChI is InChI=1S/C15H10F3N3/c16-12-6-19-15(20-7-12)9-21-4-3-11(8-21)10-1-2-13(17)14(18)5-10/h1-8H,9H2. The third-order valence-electron chi connectivity index (χ3n) is 3.00. The van der Waals surface area contributed by atoms with Crippen LogP contribution in [0.5, 0.6) is 0 Å². The van der Waals surface area contributed by atoms with Crippen molar-refractivity contribution in [3.05, 3.63) is 72.3 Å². The van der Waals surface area contributed by atoms with Crippen LogP contribution in [0.1, 0.15) is 5.82 Å². The van der Waals surface area contributed by atoms with Gasteiger partial charge in [0.15, 0.2) is 17.5 Å². The van der Waals surface area contributed by atoms with Gasteiger partial charge in [0.05, 0.1) is 18.9 Å². The summed E-state index contributed by atoms with van der Waals surface area (Å²) in [4.78, 5) is 7.73. The summed E-state index contributed by atoms with van der Waals surface area (Å²) in [5, 5.41) is 0. The maximum absolute atomic E-state index is 13.2. The van der Waals surface area contributed by atoms with Crippen molar-refractivity contribution >= 4 is 0 Å². The molecule has 0 N–H and O–H groups in total. The Bertz CT molecular complexity index is 766. The molecule has 0 aliphatic rings. The Hall–Kier alpha value is -2.63. The zero-order chi connectivity index (χ0) is 14.8. The van der Waals surface area contributed by atoms with E-state index in [2.05, 4.69) is 9.97 Å². The van der Waals surface area contributed by atoms with E-state index in [1.807, 2.05) is 0 Å². The molecular weight excluding hydrogens is 279 g/mol. The summed E-state index contributed by atoms with van der Waals surface area (Å²) >= 11 is 0. The third-order valence-corrected chi connectivity index (χ3v) is 3.00. The number of rotatable bonds is 3. The van der Waals surface area contributed by atoms with E-state index in [9.17, 15) is 13.2 Å². The molecular formula is C15H10F3N3. The molecule has 2 heterocycles. The molecule has 0 amide bonds. The second-order valence-electron chi connectivity index (χ2n) is 4.52. The molecule has 0 radical (unpaired) electrons. The smallest absolute Gasteiger partial charge is 0.159 e. The van der Waals surface area contributed by atoms with Crippen LogP contribution in [0.2, 0.25) is 0 Å². The summed E-state index contributed by atoms with van der Waals surface area (Å²) in [6, 6.07) is 5.51. The van der Waals surface area contributed by atoms with E-state index in [1.165, 1.54) is 6.07 Å². The highest BCUT2D eigenvalue weighted by Gasteiger charge is 2.06. The molecule has 3 rings (SSSR count). The lowest BCUT2D eigenvalue weighted by atomic mass is 10.1. The van der Waals surface area contributed by atoms with E-state index in [0.717, 1.165) is 30.1 Å². The molecule has 106 valence electrons. The lowest BCUT2D eigenvalue weighted by Gasteiger charge is -2.02. The SMILES string of the molecule is Fc1cnc(Cn2ccc(-c3ccc(F)c(F)c3)c2)nc1. The Labute approximate surface area is 118 Å². The second-order valence-corrected chi connectivity index (χ2v) is 4.52. The fraction of sp³-hybridized carbons (Fsp3) is 0.0667. The third kappa shape index (κ3) is 2.94. The van der Waals surface area contributed by atoms with E-state index in [1.54, 1.807) is 23.0 Å². The maximum atomic E-state index is 13.2. The highest BCUT2D eigenvalue weighted by Crippen LogP contribution is 2.22. The second kappa shape index (κ2) is 5.40. The van der Waals surface area contributed by atoms with Crippen LogP contribution < -0.4 is 0 Å². The van der Waals surface area contributed by atoms with Gasteiger partial charge >= 0.3 is 0 Å². The van der Waals surface area contributed by atoms with Crippen molar-refractivity contribution in [1.82, 2.24) is 14.5 Å². The normalized spacial score (nSPS) is 10.8. The quantitative estimate of drug-likeness (QED) is 0.739. The minimum atomic E-state index is -0.887. The lowest BCUT2D eigenvalue weighted by Crippen LogP contribution is -2.02. The molecule has 0 aliphatic carbocycles. The Kier molecular flexibility index (Phi) is 3.43. The minimum Gasteiger partial charge on any atom is -0.346 e. The molecule has 0 spiro atoms. The first-order chi connectivity index (χ1) is 10.1. The molecule has 0 unspecified atom stereocenters. The van der Waals surface area contributed by atoms with Crippen LogP contribution in [0.3, 0.4) is 0 Å². The van der Waals surface area contributed by atoms with Gasteiger partial charge in [0.1, 0.15) is 5.82 Å². The van der Waals surface area contributed by atoms with Gasteiger partial charge in [-0.05, 0) is 29.3 Å². The van der Waals surface area contributed by atoms with Crippen LogP contribution >= 0.6 is 0 Å². The summed E-state index contributed by atoms with van der Waals surface area (Å²) < 4.78 is 40.6. The van der Waals surface area contributed by atoms with E-state index < -0.39 is 17.5 Å². The predicted octanol–water partition coefficient (Wildman–Crippen LogP) is 3.41. The Morgan fingerprint density at radius 2 is 1.67 bits per heavy atom. The molecule has 3 nitrogen and oxygen atoms in total. The molecule has 0 saturated heterocycles. The van der Waals surface area contributed by atoms with E-state index in [0.29, 0.717) is 17.9 Å². The Balaban J connectivity index is 1.82. The monoisotopic (exact) mass is 289 g/mol. The predicted molar refractivity (Wildman–Crippen MR) is 70.9 cm³/mol. The number of halogens is 3. The molecule has 1 aromatic carbocycles. The average molecular weight is 289 g/mol. The van der Waals surface area contributed by atoms with Crippen LogP contribution in [0, 0.1) is 17.5 Å². The highest BCUT2D eigenvalue weighted by atomic mass is 19.2. The van der Waals surface area contributed by atoms with Crippen LogP contribution in [0.4, 0.5) is 13.2 Å². The molecule has 0 bridgehead atoms. The molecule has 0 atom stereocenters. The topological polar surface area (TPSA) is 30.7 Å². The van der Waals surface area contributed by atoms with E-state index in [-0.39, 0.29) is 0 Å². The summed E-state index contributed by atoms with van der Waals surface area (Å²) in [6.07, 6.45) is 5.73. The number of benzene rings is 1. The fourth-order valence-electron chi connectivity index (χ4n) is 1.97. The Morgan fingerprint density at radius 3 is 2.38 bits per heavy atom. The zero-order valence-corrected chi connectivity index (χ0v) is 10.8. The first-order valence-corrected chi connectivity index (χ1v) is 6.19. The number of hydrogen-bond acceptors (Lipinski definition) is 2. The van der Waals surface area contributed by atoms with Crippen molar-refractivity contribution < 1.29 is 13.2 Å². The van der Waals surface area contributed by atoms with Crippen LogP contribution in [-0.2, 0) is 6.54 Å². The van der Waals surface area contributed by atoms with Gasteiger partial charge < -0.3 is 4.57 Å². The molecule has 0 aliphatic heterocycles. The molecule has 6 heteroatoms. The van der Waals surface area contributed by atoms with E-state index >= 15 is 0 Å². The van der Waals surface area contributed by atoms with Crippen LogP contribution in [-0.4, -0.2) is 14.5 Å². The average Bonchev–Trinajstić information content (AvgIpc) is 2.93. The van der Waals surface area contributed by atoms with Gasteiger partial charge in [0, 0.05) is 12.4 Å². The number of aromatic nitrogens is 3. The van der Waals surface area contributed by atoms with E-state index in [4.69, 9.17) is 0 Å². The minimum absolute atomic E-state index is 0.365. The van der Waals surface area contributed by atoms with Gasteiger partial charge in [-0.2, -0.15) is 0 Å². The van der Waals surface area contributed by atoms with Gasteiger partial charge in [0.2, 0.25) is 0 Å². The van der Waals surface area contributed by atoms with Gasteiger partial charge in [-0.1, -0.05) is 6.07 Å². The largest absolute Gasteiger partial charge is 0.346 e. The lowest BCUT2D eigenvalue weighted by molar-refractivity contribution is 0.509. The number of hydrogen-bond donors (Lipinski definition) is 0. The molecule has 2 aromatic heterocycles. The van der Waals surface area contributed by atoms with Crippen LogP contribution in [0.25, 0.3) is 11.1 Å². The Morgan fingerprint density at radius 1 is 0.905 bits per heavy atom. The van der Waals surface area contributed by atoms with Crippen molar-refractivity contribution in [1.29, 1.82) is 0 Å². The summed E-state index contributed by atoms with van der Waals surface area (Å²) in [5.41, 5.74) is 1.32. The van der Waals surface area contributed by atoms with Gasteiger partial charge in [-0.15, -0.1) is 0 Å². The van der Waals surface area contributed by atoms with Crippen molar-refractivity contribution in [2.75, 3.05) is 0 Å². The number of nitrogens with zero attached hydrogens (tertiary/aromatic N) is 3. The molecule has 0 fully saturated rings. The summed E-state index contributed by atoms with van der Waals surface area (Å²) in [6.45, 7) is 0.365. The maximum Gasteiger partial charge on any atom is 0.159 e. The molecule has 0 saturated carbocycles. The highest BCUT2D eigenvalue weighted by molar-refractivity contribution is 5.62. The summed E-state index contributed by atoms with van der Waals surface area (Å²) in [7, 11) is 0.